The lowest BCUT2D eigenvalue weighted by molar-refractivity contribution is -0.135. The van der Waals surface area contributed by atoms with Gasteiger partial charge in [-0.05, 0) is 30.9 Å². The van der Waals surface area contributed by atoms with Crippen LogP contribution in [0.5, 0.6) is 0 Å². The molecule has 1 aromatic carbocycles. The molecular weight excluding hydrogens is 374 g/mol. The van der Waals surface area contributed by atoms with E-state index in [4.69, 9.17) is 0 Å². The zero-order valence-corrected chi connectivity index (χ0v) is 18.1. The number of amides is 1. The first-order valence-electron chi connectivity index (χ1n) is 10.3. The highest BCUT2D eigenvalue weighted by Crippen LogP contribution is 2.22. The number of benzene rings is 1. The molecule has 7 heteroatoms. The second kappa shape index (κ2) is 8.82. The molecule has 0 radical (unpaired) electrons. The first-order valence-corrected chi connectivity index (χ1v) is 12.1. The lowest BCUT2D eigenvalue weighted by Gasteiger charge is -2.38. The third-order valence-corrected chi connectivity index (χ3v) is 7.47. The first kappa shape index (κ1) is 21.1. The first-order chi connectivity index (χ1) is 13.2. The number of para-hydroxylation sites is 1. The van der Waals surface area contributed by atoms with Crippen molar-refractivity contribution in [2.45, 2.75) is 33.2 Å². The molecule has 2 saturated heterocycles. The summed E-state index contributed by atoms with van der Waals surface area (Å²) in [6, 6.07) is 8.25. The Morgan fingerprint density at radius 2 is 1.86 bits per heavy atom. The minimum absolute atomic E-state index is 0.0696. The van der Waals surface area contributed by atoms with Gasteiger partial charge in [-0.3, -0.25) is 9.69 Å². The van der Waals surface area contributed by atoms with E-state index in [2.05, 4.69) is 54.8 Å². The molecule has 2 aliphatic rings. The molecule has 1 atom stereocenters. The lowest BCUT2D eigenvalue weighted by Crippen LogP contribution is -2.52. The molecule has 2 aliphatic heterocycles. The molecular formula is C21H33N3O3S. The van der Waals surface area contributed by atoms with Crippen molar-refractivity contribution in [2.75, 3.05) is 55.7 Å². The predicted molar refractivity (Wildman–Crippen MR) is 113 cm³/mol. The maximum absolute atomic E-state index is 13.0. The summed E-state index contributed by atoms with van der Waals surface area (Å²) in [5.74, 6) is 0.714. The van der Waals surface area contributed by atoms with E-state index in [1.165, 1.54) is 11.3 Å². The van der Waals surface area contributed by atoms with Gasteiger partial charge in [-0.1, -0.05) is 32.0 Å². The smallest absolute Gasteiger partial charge is 0.237 e. The molecule has 3 rings (SSSR count). The van der Waals surface area contributed by atoms with Crippen LogP contribution in [0.1, 0.15) is 25.8 Å². The summed E-state index contributed by atoms with van der Waals surface area (Å²) in [6.45, 7) is 10.8. The molecule has 156 valence electrons. The van der Waals surface area contributed by atoms with Crippen LogP contribution in [0.3, 0.4) is 0 Å². The summed E-state index contributed by atoms with van der Waals surface area (Å²) in [6.07, 6.45) is 0.571. The molecule has 1 aromatic rings. The van der Waals surface area contributed by atoms with Crippen LogP contribution < -0.4 is 4.90 Å². The van der Waals surface area contributed by atoms with Gasteiger partial charge >= 0.3 is 0 Å². The fourth-order valence-electron chi connectivity index (χ4n) is 4.22. The number of sulfone groups is 1. The Kier molecular flexibility index (Phi) is 6.65. The normalized spacial score (nSPS) is 22.6. The second-order valence-electron chi connectivity index (χ2n) is 8.55. The van der Waals surface area contributed by atoms with Crippen LogP contribution in [0.25, 0.3) is 0 Å². The largest absolute Gasteiger partial charge is 0.369 e. The van der Waals surface area contributed by atoms with Crippen LogP contribution in [-0.2, 0) is 14.6 Å². The van der Waals surface area contributed by atoms with Crippen LogP contribution >= 0.6 is 0 Å². The molecule has 0 aromatic heterocycles. The Balaban J connectivity index is 1.58. The van der Waals surface area contributed by atoms with Crippen molar-refractivity contribution < 1.29 is 13.2 Å². The van der Waals surface area contributed by atoms with Crippen molar-refractivity contribution in [3.8, 4) is 0 Å². The maximum atomic E-state index is 13.0. The third kappa shape index (κ3) is 5.26. The van der Waals surface area contributed by atoms with E-state index in [-0.39, 0.29) is 23.5 Å². The van der Waals surface area contributed by atoms with Crippen molar-refractivity contribution in [3.05, 3.63) is 29.8 Å². The van der Waals surface area contributed by atoms with Gasteiger partial charge in [-0.2, -0.15) is 0 Å². The van der Waals surface area contributed by atoms with Crippen molar-refractivity contribution in [2.24, 2.45) is 5.92 Å². The van der Waals surface area contributed by atoms with Gasteiger partial charge in [0.05, 0.1) is 18.1 Å². The van der Waals surface area contributed by atoms with Crippen molar-refractivity contribution in [1.82, 2.24) is 9.80 Å². The molecule has 0 N–H and O–H groups in total. The Hall–Kier alpha value is -1.60. The standard InChI is InChI=1S/C21H33N3O3S/c1-17(2)14-24(19-8-13-28(26,27)16-19)21(25)15-22-9-11-23(12-10-22)20-7-5-4-6-18(20)3/h4-7,17,19H,8-16H2,1-3H3/t19-/m0/s1. The number of hydrogen-bond acceptors (Lipinski definition) is 5. The molecule has 0 aliphatic carbocycles. The molecule has 2 heterocycles. The van der Waals surface area contributed by atoms with E-state index in [1.54, 1.807) is 0 Å². The zero-order chi connectivity index (χ0) is 20.3. The van der Waals surface area contributed by atoms with Crippen LogP contribution in [-0.4, -0.2) is 80.9 Å². The van der Waals surface area contributed by atoms with E-state index >= 15 is 0 Å². The molecule has 0 bridgehead atoms. The van der Waals surface area contributed by atoms with E-state index in [0.717, 1.165) is 26.2 Å². The Labute approximate surface area is 169 Å². The highest BCUT2D eigenvalue weighted by molar-refractivity contribution is 7.91. The van der Waals surface area contributed by atoms with Gasteiger partial charge in [0.2, 0.25) is 5.91 Å². The highest BCUT2D eigenvalue weighted by Gasteiger charge is 2.35. The van der Waals surface area contributed by atoms with Gasteiger partial charge in [-0.15, -0.1) is 0 Å². The van der Waals surface area contributed by atoms with Crippen LogP contribution in [0, 0.1) is 12.8 Å². The molecule has 6 nitrogen and oxygen atoms in total. The molecule has 28 heavy (non-hydrogen) atoms. The minimum atomic E-state index is -3.00. The highest BCUT2D eigenvalue weighted by atomic mass is 32.2. The number of aryl methyl sites for hydroxylation is 1. The Morgan fingerprint density at radius 3 is 2.43 bits per heavy atom. The van der Waals surface area contributed by atoms with E-state index in [1.807, 2.05) is 4.90 Å². The topological polar surface area (TPSA) is 60.9 Å². The zero-order valence-electron chi connectivity index (χ0n) is 17.3. The molecule has 0 spiro atoms. The average Bonchev–Trinajstić information content (AvgIpc) is 3.00. The van der Waals surface area contributed by atoms with Crippen LogP contribution in [0.2, 0.25) is 0 Å². The number of anilines is 1. The average molecular weight is 408 g/mol. The fourth-order valence-corrected chi connectivity index (χ4v) is 5.95. The number of nitrogens with zero attached hydrogens (tertiary/aromatic N) is 3. The quantitative estimate of drug-likeness (QED) is 0.720. The number of carbonyl (C=O) groups excluding carboxylic acids is 1. The van der Waals surface area contributed by atoms with Crippen LogP contribution in [0.4, 0.5) is 5.69 Å². The maximum Gasteiger partial charge on any atom is 0.237 e. The number of carbonyl (C=O) groups is 1. The summed E-state index contributed by atoms with van der Waals surface area (Å²) in [4.78, 5) is 19.4. The van der Waals surface area contributed by atoms with Gasteiger partial charge in [0.1, 0.15) is 0 Å². The van der Waals surface area contributed by atoms with Gasteiger partial charge in [0, 0.05) is 44.5 Å². The summed E-state index contributed by atoms with van der Waals surface area (Å²) in [5, 5.41) is 0. The summed E-state index contributed by atoms with van der Waals surface area (Å²) < 4.78 is 23.8. The Bertz CT molecular complexity index is 786. The molecule has 0 saturated carbocycles. The molecule has 1 amide bonds. The summed E-state index contributed by atoms with van der Waals surface area (Å²) in [5.41, 5.74) is 2.55. The lowest BCUT2D eigenvalue weighted by atomic mass is 10.1. The van der Waals surface area contributed by atoms with Gasteiger partial charge in [0.15, 0.2) is 9.84 Å². The number of piperazine rings is 1. The van der Waals surface area contributed by atoms with Gasteiger partial charge < -0.3 is 9.80 Å². The second-order valence-corrected chi connectivity index (χ2v) is 10.8. The summed E-state index contributed by atoms with van der Waals surface area (Å²) >= 11 is 0. The molecule has 2 fully saturated rings. The van der Waals surface area contributed by atoms with E-state index in [0.29, 0.717) is 25.4 Å². The fraction of sp³-hybridized carbons (Fsp3) is 0.667. The monoisotopic (exact) mass is 407 g/mol. The Morgan fingerprint density at radius 1 is 1.18 bits per heavy atom. The van der Waals surface area contributed by atoms with Gasteiger partial charge in [-0.25, -0.2) is 8.42 Å². The van der Waals surface area contributed by atoms with Crippen molar-refractivity contribution in [3.63, 3.8) is 0 Å². The predicted octanol–water partition coefficient (Wildman–Crippen LogP) is 1.79. The van der Waals surface area contributed by atoms with Gasteiger partial charge in [0.25, 0.3) is 0 Å². The minimum Gasteiger partial charge on any atom is -0.369 e. The third-order valence-electron chi connectivity index (χ3n) is 5.72. The van der Waals surface area contributed by atoms with E-state index in [9.17, 15) is 13.2 Å². The molecule has 0 unspecified atom stereocenters. The van der Waals surface area contributed by atoms with Crippen molar-refractivity contribution in [1.29, 1.82) is 0 Å². The van der Waals surface area contributed by atoms with Crippen molar-refractivity contribution >= 4 is 21.4 Å². The SMILES string of the molecule is Cc1ccccc1N1CCN(CC(=O)N(CC(C)C)[C@H]2CCS(=O)(=O)C2)CC1. The number of hydrogen-bond donors (Lipinski definition) is 0. The van der Waals surface area contributed by atoms with E-state index < -0.39 is 9.84 Å². The van der Waals surface area contributed by atoms with Crippen LogP contribution in [0.15, 0.2) is 24.3 Å². The summed E-state index contributed by atoms with van der Waals surface area (Å²) in [7, 11) is -3.00. The number of rotatable bonds is 6.